The molecule has 2 saturated carbocycles. The molecule has 0 saturated heterocycles. The fraction of sp³-hybridized carbons (Fsp3) is 0.458. The Kier molecular flexibility index (Phi) is 4.84. The lowest BCUT2D eigenvalue weighted by atomic mass is 9.55. The SMILES string of the molecule is C[C@]12CCC3c4ccc(O)cc4C(=O)C(Sc4ccc(Br)cc4)C3C1CC[C@@H]2O. The van der Waals surface area contributed by atoms with Crippen LogP contribution in [-0.4, -0.2) is 27.4 Å². The standard InChI is InChI=1S/C24H25BrO3S/c1-24-11-10-17-16-7-4-14(26)12-18(16)22(28)23(21(17)19(24)8-9-20(24)27)29-15-5-2-13(25)3-6-15/h2-7,12,17,19-21,23,26-27H,8-11H2,1H3/t17?,19?,20-,21?,23?,24-/m0/s1. The third-order valence-corrected chi connectivity index (χ3v) is 9.52. The lowest BCUT2D eigenvalue weighted by Gasteiger charge is -2.52. The summed E-state index contributed by atoms with van der Waals surface area (Å²) in [5, 5.41) is 20.6. The summed E-state index contributed by atoms with van der Waals surface area (Å²) in [5.74, 6) is 1.13. The maximum atomic E-state index is 13.7. The molecule has 0 radical (unpaired) electrons. The summed E-state index contributed by atoms with van der Waals surface area (Å²) in [6.07, 6.45) is 3.51. The van der Waals surface area contributed by atoms with E-state index in [1.807, 2.05) is 18.2 Å². The molecule has 5 heteroatoms. The van der Waals surface area contributed by atoms with Crippen LogP contribution in [0.15, 0.2) is 51.8 Å². The van der Waals surface area contributed by atoms with E-state index in [1.165, 1.54) is 0 Å². The summed E-state index contributed by atoms with van der Waals surface area (Å²) in [6.45, 7) is 2.23. The molecule has 3 aliphatic carbocycles. The molecule has 2 aromatic carbocycles. The fourth-order valence-corrected chi connectivity index (χ4v) is 7.77. The van der Waals surface area contributed by atoms with E-state index in [9.17, 15) is 15.0 Å². The summed E-state index contributed by atoms with van der Waals surface area (Å²) in [4.78, 5) is 14.7. The van der Waals surface area contributed by atoms with Crippen LogP contribution in [0.5, 0.6) is 5.75 Å². The third kappa shape index (κ3) is 3.08. The van der Waals surface area contributed by atoms with Gasteiger partial charge in [-0.25, -0.2) is 0 Å². The van der Waals surface area contributed by atoms with Crippen LogP contribution in [0.2, 0.25) is 0 Å². The van der Waals surface area contributed by atoms with E-state index >= 15 is 0 Å². The van der Waals surface area contributed by atoms with Gasteiger partial charge >= 0.3 is 0 Å². The molecule has 29 heavy (non-hydrogen) atoms. The van der Waals surface area contributed by atoms with Gasteiger partial charge in [0.2, 0.25) is 0 Å². The molecule has 0 amide bonds. The minimum absolute atomic E-state index is 0.103. The second kappa shape index (κ2) is 7.14. The molecular formula is C24H25BrO3S. The predicted octanol–water partition coefficient (Wildman–Crippen LogP) is 5.78. The predicted molar refractivity (Wildman–Crippen MR) is 119 cm³/mol. The highest BCUT2D eigenvalue weighted by Gasteiger charge is 2.58. The Hall–Kier alpha value is -1.30. The molecule has 2 aromatic rings. The van der Waals surface area contributed by atoms with Gasteiger partial charge in [0.05, 0.1) is 11.4 Å². The zero-order valence-corrected chi connectivity index (χ0v) is 18.7. The summed E-state index contributed by atoms with van der Waals surface area (Å²) in [6, 6.07) is 13.5. The van der Waals surface area contributed by atoms with E-state index in [0.717, 1.165) is 40.6 Å². The van der Waals surface area contributed by atoms with Crippen molar-refractivity contribution >= 4 is 33.5 Å². The molecule has 0 aliphatic heterocycles. The number of aromatic hydroxyl groups is 1. The molecule has 4 unspecified atom stereocenters. The van der Waals surface area contributed by atoms with Crippen molar-refractivity contribution in [3.8, 4) is 5.75 Å². The van der Waals surface area contributed by atoms with Crippen molar-refractivity contribution in [3.63, 3.8) is 0 Å². The van der Waals surface area contributed by atoms with Crippen molar-refractivity contribution in [1.82, 2.24) is 0 Å². The first-order valence-corrected chi connectivity index (χ1v) is 12.0. The quantitative estimate of drug-likeness (QED) is 0.581. The highest BCUT2D eigenvalue weighted by Crippen LogP contribution is 2.62. The number of hydrogen-bond acceptors (Lipinski definition) is 4. The van der Waals surface area contributed by atoms with E-state index in [0.29, 0.717) is 17.4 Å². The molecule has 3 aliphatic rings. The zero-order chi connectivity index (χ0) is 20.3. The monoisotopic (exact) mass is 472 g/mol. The highest BCUT2D eigenvalue weighted by molar-refractivity contribution is 9.10. The molecule has 0 heterocycles. The van der Waals surface area contributed by atoms with Crippen LogP contribution in [0.25, 0.3) is 0 Å². The average molecular weight is 473 g/mol. The number of aliphatic hydroxyl groups excluding tert-OH is 1. The highest BCUT2D eigenvalue weighted by atomic mass is 79.9. The number of carbonyl (C=O) groups excluding carboxylic acids is 1. The van der Waals surface area contributed by atoms with Gasteiger partial charge in [-0.2, -0.15) is 0 Å². The van der Waals surface area contributed by atoms with E-state index in [-0.39, 0.29) is 34.2 Å². The molecule has 3 nitrogen and oxygen atoms in total. The lowest BCUT2D eigenvalue weighted by molar-refractivity contribution is -0.0193. The van der Waals surface area contributed by atoms with Gasteiger partial charge in [-0.05, 0) is 90.8 Å². The maximum Gasteiger partial charge on any atom is 0.176 e. The van der Waals surface area contributed by atoms with Crippen molar-refractivity contribution in [2.75, 3.05) is 0 Å². The number of benzene rings is 2. The maximum absolute atomic E-state index is 13.7. The Balaban J connectivity index is 1.61. The molecular weight excluding hydrogens is 448 g/mol. The van der Waals surface area contributed by atoms with Crippen molar-refractivity contribution in [1.29, 1.82) is 0 Å². The lowest BCUT2D eigenvalue weighted by Crippen LogP contribution is -2.50. The summed E-state index contributed by atoms with van der Waals surface area (Å²) in [7, 11) is 0. The zero-order valence-electron chi connectivity index (χ0n) is 16.3. The second-order valence-electron chi connectivity index (χ2n) is 9.06. The minimum Gasteiger partial charge on any atom is -0.508 e. The van der Waals surface area contributed by atoms with Gasteiger partial charge in [0, 0.05) is 14.9 Å². The number of halogens is 1. The molecule has 0 spiro atoms. The van der Waals surface area contributed by atoms with E-state index in [4.69, 9.17) is 0 Å². The number of carbonyl (C=O) groups is 1. The number of Topliss-reactive ketones (excluding diaryl/α,β-unsaturated/α-hetero) is 1. The van der Waals surface area contributed by atoms with Crippen LogP contribution in [0.1, 0.15) is 54.4 Å². The van der Waals surface area contributed by atoms with Crippen molar-refractivity contribution in [3.05, 3.63) is 58.1 Å². The topological polar surface area (TPSA) is 57.5 Å². The van der Waals surface area contributed by atoms with Crippen LogP contribution in [0, 0.1) is 17.3 Å². The fourth-order valence-electron chi connectivity index (χ4n) is 6.15. The number of aliphatic hydroxyl groups is 1. The number of hydrogen-bond donors (Lipinski definition) is 2. The number of ketones is 1. The van der Waals surface area contributed by atoms with Crippen LogP contribution < -0.4 is 0 Å². The first-order valence-electron chi connectivity index (χ1n) is 10.4. The number of thioether (sulfide) groups is 1. The van der Waals surface area contributed by atoms with Crippen LogP contribution in [0.3, 0.4) is 0 Å². The number of rotatable bonds is 2. The summed E-state index contributed by atoms with van der Waals surface area (Å²) < 4.78 is 1.02. The van der Waals surface area contributed by atoms with E-state index in [1.54, 1.807) is 23.9 Å². The largest absolute Gasteiger partial charge is 0.508 e. The Labute approximate surface area is 184 Å². The van der Waals surface area contributed by atoms with Gasteiger partial charge in [-0.15, -0.1) is 11.8 Å². The second-order valence-corrected chi connectivity index (χ2v) is 11.2. The Morgan fingerprint density at radius 3 is 2.62 bits per heavy atom. The molecule has 6 atom stereocenters. The first-order chi connectivity index (χ1) is 13.9. The van der Waals surface area contributed by atoms with Crippen molar-refractivity contribution in [2.24, 2.45) is 17.3 Å². The van der Waals surface area contributed by atoms with Gasteiger partial charge in [0.1, 0.15) is 5.75 Å². The normalized spacial score (nSPS) is 35.7. The van der Waals surface area contributed by atoms with E-state index < -0.39 is 0 Å². The number of phenolic OH excluding ortho intramolecular Hbond substituents is 1. The Bertz CT molecular complexity index is 959. The Morgan fingerprint density at radius 2 is 1.86 bits per heavy atom. The summed E-state index contributed by atoms with van der Waals surface area (Å²) in [5.41, 5.74) is 1.67. The average Bonchev–Trinajstić information content (AvgIpc) is 3.01. The van der Waals surface area contributed by atoms with Gasteiger partial charge < -0.3 is 10.2 Å². The molecule has 2 fully saturated rings. The van der Waals surface area contributed by atoms with Crippen LogP contribution in [0.4, 0.5) is 0 Å². The molecule has 0 bridgehead atoms. The summed E-state index contributed by atoms with van der Waals surface area (Å²) >= 11 is 5.14. The van der Waals surface area contributed by atoms with E-state index in [2.05, 4.69) is 35.0 Å². The minimum atomic E-state index is -0.275. The van der Waals surface area contributed by atoms with Crippen LogP contribution in [-0.2, 0) is 0 Å². The molecule has 5 rings (SSSR count). The molecule has 2 N–H and O–H groups in total. The smallest absolute Gasteiger partial charge is 0.176 e. The third-order valence-electron chi connectivity index (χ3n) is 7.67. The molecule has 152 valence electrons. The van der Waals surface area contributed by atoms with Crippen molar-refractivity contribution in [2.45, 2.75) is 54.8 Å². The Morgan fingerprint density at radius 1 is 1.10 bits per heavy atom. The number of fused-ring (bicyclic) bond motifs is 5. The van der Waals surface area contributed by atoms with Gasteiger partial charge in [0.15, 0.2) is 5.78 Å². The van der Waals surface area contributed by atoms with Gasteiger partial charge in [-0.1, -0.05) is 28.9 Å². The first kappa shape index (κ1) is 19.7. The van der Waals surface area contributed by atoms with Gasteiger partial charge in [0.25, 0.3) is 0 Å². The number of phenols is 1. The van der Waals surface area contributed by atoms with Gasteiger partial charge in [-0.3, -0.25) is 4.79 Å². The van der Waals surface area contributed by atoms with Crippen molar-refractivity contribution < 1.29 is 15.0 Å². The van der Waals surface area contributed by atoms with Crippen LogP contribution >= 0.6 is 27.7 Å². The molecule has 0 aromatic heterocycles.